The molecule has 1 unspecified atom stereocenters. The number of carbonyl (C=O) groups is 2. The first-order chi connectivity index (χ1) is 12.4. The van der Waals surface area contributed by atoms with E-state index in [2.05, 4.69) is 33.1 Å². The Morgan fingerprint density at radius 3 is 2.27 bits per heavy atom. The van der Waals surface area contributed by atoms with Crippen molar-refractivity contribution in [1.82, 2.24) is 0 Å². The fourth-order valence-electron chi connectivity index (χ4n) is 3.35. The molecule has 0 fully saturated rings. The van der Waals surface area contributed by atoms with Crippen molar-refractivity contribution >= 4 is 17.4 Å². The molecule has 0 bridgehead atoms. The van der Waals surface area contributed by atoms with Crippen molar-refractivity contribution in [2.75, 3.05) is 18.9 Å². The Hall–Kier alpha value is -2.20. The number of anilines is 1. The summed E-state index contributed by atoms with van der Waals surface area (Å²) in [4.78, 5) is 25.4. The van der Waals surface area contributed by atoms with Crippen LogP contribution in [0.3, 0.4) is 0 Å². The van der Waals surface area contributed by atoms with Crippen LogP contribution >= 0.6 is 0 Å². The molecule has 1 aromatic carbocycles. The fourth-order valence-corrected chi connectivity index (χ4v) is 3.35. The molecule has 4 heteroatoms. The van der Waals surface area contributed by atoms with E-state index in [1.807, 2.05) is 31.3 Å². The van der Waals surface area contributed by atoms with Crippen molar-refractivity contribution in [2.45, 2.75) is 53.4 Å². The first kappa shape index (κ1) is 20.1. The topological polar surface area (TPSA) is 46.2 Å². The third-order valence-electron chi connectivity index (χ3n) is 5.28. The van der Waals surface area contributed by atoms with Gasteiger partial charge < -0.3 is 5.32 Å². The highest BCUT2D eigenvalue weighted by Gasteiger charge is 2.33. The number of benzene rings is 1. The average Bonchev–Trinajstić information content (AvgIpc) is 2.63. The molecule has 2 rings (SSSR count). The second-order valence-corrected chi connectivity index (χ2v) is 7.15. The molecule has 1 aliphatic heterocycles. The van der Waals surface area contributed by atoms with Gasteiger partial charge in [-0.25, -0.2) is 0 Å². The van der Waals surface area contributed by atoms with Gasteiger partial charge in [-0.3, -0.25) is 14.1 Å². The molecule has 0 aromatic heterocycles. The molecule has 0 radical (unpaired) electrons. The predicted octanol–water partition coefficient (Wildman–Crippen LogP) is 4.37. The van der Waals surface area contributed by atoms with Gasteiger partial charge in [0.25, 0.3) is 5.91 Å². The summed E-state index contributed by atoms with van der Waals surface area (Å²) in [6, 6.07) is 6.07. The van der Waals surface area contributed by atoms with Crippen LogP contribution in [0.25, 0.3) is 0 Å². The van der Waals surface area contributed by atoms with Crippen LogP contribution in [0, 0.1) is 0 Å². The maximum atomic E-state index is 12.9. The number of quaternary nitrogens is 1. The van der Waals surface area contributed by atoms with Crippen LogP contribution in [0.5, 0.6) is 0 Å². The molecule has 1 aliphatic rings. The molecule has 0 saturated carbocycles. The van der Waals surface area contributed by atoms with Crippen LogP contribution in [0.2, 0.25) is 0 Å². The highest BCUT2D eigenvalue weighted by Crippen LogP contribution is 2.27. The van der Waals surface area contributed by atoms with Gasteiger partial charge in [0.2, 0.25) is 5.78 Å². The van der Waals surface area contributed by atoms with Gasteiger partial charge in [0.15, 0.2) is 0 Å². The zero-order valence-electron chi connectivity index (χ0n) is 16.7. The average molecular weight is 356 g/mol. The highest BCUT2D eigenvalue weighted by molar-refractivity contribution is 6.27. The van der Waals surface area contributed by atoms with Crippen LogP contribution in [-0.2, 0) is 22.4 Å². The number of hydrogen-bond acceptors (Lipinski definition) is 2. The van der Waals surface area contributed by atoms with Crippen LogP contribution in [0.15, 0.2) is 41.7 Å². The lowest BCUT2D eigenvalue weighted by atomic mass is 10.0. The van der Waals surface area contributed by atoms with E-state index in [0.717, 1.165) is 54.7 Å². The summed E-state index contributed by atoms with van der Waals surface area (Å²) in [5, 5.41) is 3.02. The van der Waals surface area contributed by atoms with Gasteiger partial charge in [0.1, 0.15) is 17.5 Å². The van der Waals surface area contributed by atoms with Crippen LogP contribution < -0.4 is 5.32 Å². The third-order valence-corrected chi connectivity index (χ3v) is 5.28. The van der Waals surface area contributed by atoms with Crippen molar-refractivity contribution in [1.29, 1.82) is 0 Å². The number of amides is 1. The summed E-state index contributed by atoms with van der Waals surface area (Å²) in [7, 11) is 2.05. The third kappa shape index (κ3) is 4.13. The second-order valence-electron chi connectivity index (χ2n) is 7.15. The van der Waals surface area contributed by atoms with E-state index >= 15 is 0 Å². The van der Waals surface area contributed by atoms with Crippen molar-refractivity contribution in [2.24, 2.45) is 0 Å². The highest BCUT2D eigenvalue weighted by atomic mass is 16.2. The Morgan fingerprint density at radius 1 is 1.12 bits per heavy atom. The van der Waals surface area contributed by atoms with Gasteiger partial charge in [-0.15, -0.1) is 0 Å². The Kier molecular flexibility index (Phi) is 6.54. The molecular weight excluding hydrogens is 324 g/mol. The normalized spacial score (nSPS) is 19.8. The minimum Gasteiger partial charge on any atom is -0.321 e. The molecule has 1 amide bonds. The number of unbranched alkanes of at least 4 members (excludes halogenated alkanes) is 1. The molecule has 0 saturated heterocycles. The molecule has 1 aromatic rings. The molecule has 140 valence electrons. The van der Waals surface area contributed by atoms with Gasteiger partial charge in [0.05, 0.1) is 13.6 Å². The predicted molar refractivity (Wildman–Crippen MR) is 107 cm³/mol. The lowest BCUT2D eigenvalue weighted by Crippen LogP contribution is -2.42. The molecule has 0 spiro atoms. The van der Waals surface area contributed by atoms with E-state index < -0.39 is 0 Å². The van der Waals surface area contributed by atoms with Gasteiger partial charge in [0, 0.05) is 18.7 Å². The minimum absolute atomic E-state index is 0.209. The summed E-state index contributed by atoms with van der Waals surface area (Å²) >= 11 is 0. The zero-order chi connectivity index (χ0) is 19.3. The smallest absolute Gasteiger partial charge is 0.265 e. The summed E-state index contributed by atoms with van der Waals surface area (Å²) in [6.07, 6.45) is 7.22. The quantitative estimate of drug-likeness (QED) is 0.583. The SMILES string of the molecule is CCCC[N+]1(C)C=C(C(=O)Nc2c(CC)cccc2CC)C(=O)C=C1C. The van der Waals surface area contributed by atoms with E-state index in [9.17, 15) is 9.59 Å². The Labute approximate surface area is 157 Å². The number of aryl methyl sites for hydroxylation is 2. The summed E-state index contributed by atoms with van der Waals surface area (Å²) in [5.41, 5.74) is 4.25. The van der Waals surface area contributed by atoms with E-state index in [-0.39, 0.29) is 17.3 Å². The van der Waals surface area contributed by atoms with Crippen molar-refractivity contribution in [3.63, 3.8) is 0 Å². The number of rotatable bonds is 7. The number of nitrogens with zero attached hydrogens (tertiary/aromatic N) is 1. The number of hydrogen-bond donors (Lipinski definition) is 1. The largest absolute Gasteiger partial charge is 0.321 e. The number of carbonyl (C=O) groups excluding carboxylic acids is 2. The van der Waals surface area contributed by atoms with E-state index in [0.29, 0.717) is 4.48 Å². The van der Waals surface area contributed by atoms with Gasteiger partial charge in [-0.2, -0.15) is 0 Å². The van der Waals surface area contributed by atoms with E-state index in [1.165, 1.54) is 0 Å². The number of ketones is 1. The molecular formula is C22H31N2O2+. The number of allylic oxidation sites excluding steroid dienone is 2. The standard InChI is InChI=1S/C22H30N2O2/c1-6-9-13-24(5)15-19(20(25)14-16(24)4)22(26)23-21-17(7-2)11-10-12-18(21)8-3/h10-12,14-15H,6-9,13H2,1-5H3/p+1. The molecule has 4 nitrogen and oxygen atoms in total. The zero-order valence-corrected chi connectivity index (χ0v) is 16.7. The van der Waals surface area contributed by atoms with Gasteiger partial charge in [-0.05, 0) is 30.4 Å². The minimum atomic E-state index is -0.310. The monoisotopic (exact) mass is 355 g/mol. The van der Waals surface area contributed by atoms with E-state index in [4.69, 9.17) is 0 Å². The first-order valence-electron chi connectivity index (χ1n) is 9.59. The molecule has 1 heterocycles. The first-order valence-corrected chi connectivity index (χ1v) is 9.59. The molecule has 26 heavy (non-hydrogen) atoms. The maximum absolute atomic E-state index is 12.9. The Morgan fingerprint density at radius 2 is 1.73 bits per heavy atom. The van der Waals surface area contributed by atoms with Crippen LogP contribution in [-0.4, -0.2) is 29.8 Å². The summed E-state index contributed by atoms with van der Waals surface area (Å²) in [6.45, 7) is 9.13. The van der Waals surface area contributed by atoms with Gasteiger partial charge >= 0.3 is 0 Å². The van der Waals surface area contributed by atoms with Gasteiger partial charge in [-0.1, -0.05) is 45.4 Å². The lowest BCUT2D eigenvalue weighted by molar-refractivity contribution is -0.821. The Bertz CT molecular complexity index is 739. The van der Waals surface area contributed by atoms with E-state index in [1.54, 1.807) is 6.08 Å². The number of para-hydroxylation sites is 1. The van der Waals surface area contributed by atoms with Crippen molar-refractivity contribution in [3.05, 3.63) is 52.9 Å². The molecule has 0 aliphatic carbocycles. The number of nitrogens with one attached hydrogen (secondary N) is 1. The maximum Gasteiger partial charge on any atom is 0.265 e. The van der Waals surface area contributed by atoms with Crippen molar-refractivity contribution < 1.29 is 14.1 Å². The summed E-state index contributed by atoms with van der Waals surface area (Å²) in [5.74, 6) is -0.519. The van der Waals surface area contributed by atoms with Crippen molar-refractivity contribution in [3.8, 4) is 0 Å². The van der Waals surface area contributed by atoms with Crippen LogP contribution in [0.4, 0.5) is 5.69 Å². The van der Waals surface area contributed by atoms with Crippen LogP contribution in [0.1, 0.15) is 51.7 Å². The second kappa shape index (κ2) is 8.45. The molecule has 1 atom stereocenters. The fraction of sp³-hybridized carbons (Fsp3) is 0.455. The lowest BCUT2D eigenvalue weighted by Gasteiger charge is -2.33. The molecule has 1 N–H and O–H groups in total. The Balaban J connectivity index is 2.35. The summed E-state index contributed by atoms with van der Waals surface area (Å²) < 4.78 is 0.512.